The van der Waals surface area contributed by atoms with Gasteiger partial charge in [0.25, 0.3) is 0 Å². The lowest BCUT2D eigenvalue weighted by Gasteiger charge is -2.10. The van der Waals surface area contributed by atoms with Crippen molar-refractivity contribution in [2.45, 2.75) is 6.92 Å². The number of anilines is 1. The minimum absolute atomic E-state index is 0.126. The number of hydrogen-bond acceptors (Lipinski definition) is 2. The van der Waals surface area contributed by atoms with E-state index >= 15 is 0 Å². The Balaban J connectivity index is 2.77. The average Bonchev–Trinajstić information content (AvgIpc) is 2.29. The summed E-state index contributed by atoms with van der Waals surface area (Å²) in [6, 6.07) is 4.13. The number of carbonyl (C=O) groups is 2. The highest BCUT2D eigenvalue weighted by molar-refractivity contribution is 9.11. The molecule has 0 aliphatic heterocycles. The van der Waals surface area contributed by atoms with E-state index in [1.54, 1.807) is 13.0 Å². The first-order chi connectivity index (χ1) is 8.40. The van der Waals surface area contributed by atoms with Gasteiger partial charge in [0.15, 0.2) is 0 Å². The van der Waals surface area contributed by atoms with Crippen molar-refractivity contribution in [3.63, 3.8) is 0 Å². The van der Waals surface area contributed by atoms with Crippen LogP contribution in [0.1, 0.15) is 15.9 Å². The van der Waals surface area contributed by atoms with E-state index < -0.39 is 12.0 Å². The SMILES string of the molecule is C=C(Br)CNC(=O)Nc1cc(C(=O)O)ccc1C. The molecule has 0 aliphatic rings. The summed E-state index contributed by atoms with van der Waals surface area (Å²) in [5.41, 5.74) is 1.38. The maximum atomic E-state index is 11.5. The van der Waals surface area contributed by atoms with Crippen molar-refractivity contribution in [3.05, 3.63) is 40.4 Å². The predicted molar refractivity (Wildman–Crippen MR) is 73.2 cm³/mol. The standard InChI is InChI=1S/C12H13BrN2O3/c1-7-3-4-9(11(16)17)5-10(7)15-12(18)14-6-8(2)13/h3-5H,2,6H2,1H3,(H,16,17)(H2,14,15,18). The second-order valence-corrected chi connectivity index (χ2v) is 4.78. The number of carbonyl (C=O) groups excluding carboxylic acids is 1. The molecule has 0 saturated carbocycles. The molecule has 0 radical (unpaired) electrons. The van der Waals surface area contributed by atoms with Crippen molar-refractivity contribution in [2.75, 3.05) is 11.9 Å². The number of aryl methyl sites for hydroxylation is 1. The quantitative estimate of drug-likeness (QED) is 0.800. The molecular formula is C12H13BrN2O3. The normalized spacial score (nSPS) is 9.67. The van der Waals surface area contributed by atoms with Crippen LogP contribution in [-0.2, 0) is 0 Å². The summed E-state index contributed by atoms with van der Waals surface area (Å²) in [5, 5.41) is 14.0. The molecule has 0 bridgehead atoms. The molecule has 0 aromatic heterocycles. The maximum absolute atomic E-state index is 11.5. The van der Waals surface area contributed by atoms with Gasteiger partial charge in [-0.25, -0.2) is 9.59 Å². The summed E-state index contributed by atoms with van der Waals surface area (Å²) < 4.78 is 0.647. The maximum Gasteiger partial charge on any atom is 0.335 e. The van der Waals surface area contributed by atoms with Crippen LogP contribution in [0.5, 0.6) is 0 Å². The van der Waals surface area contributed by atoms with Crippen LogP contribution in [0.3, 0.4) is 0 Å². The lowest BCUT2D eigenvalue weighted by molar-refractivity contribution is 0.0697. The smallest absolute Gasteiger partial charge is 0.335 e. The van der Waals surface area contributed by atoms with Crippen LogP contribution in [-0.4, -0.2) is 23.7 Å². The summed E-state index contributed by atoms with van der Waals surface area (Å²) in [4.78, 5) is 22.3. The number of rotatable bonds is 4. The van der Waals surface area contributed by atoms with Crippen molar-refractivity contribution in [3.8, 4) is 0 Å². The van der Waals surface area contributed by atoms with Crippen molar-refractivity contribution in [1.29, 1.82) is 0 Å². The minimum atomic E-state index is -1.03. The molecule has 2 amide bonds. The van der Waals surface area contributed by atoms with Crippen LogP contribution < -0.4 is 10.6 Å². The number of benzene rings is 1. The molecule has 0 spiro atoms. The number of carboxylic acid groups (broad SMARTS) is 1. The van der Waals surface area contributed by atoms with Crippen LogP contribution >= 0.6 is 15.9 Å². The van der Waals surface area contributed by atoms with E-state index in [9.17, 15) is 9.59 Å². The van der Waals surface area contributed by atoms with Crippen LogP contribution in [0.25, 0.3) is 0 Å². The van der Waals surface area contributed by atoms with E-state index in [0.717, 1.165) is 5.56 Å². The number of hydrogen-bond donors (Lipinski definition) is 3. The summed E-state index contributed by atoms with van der Waals surface area (Å²) >= 11 is 3.12. The van der Waals surface area contributed by atoms with E-state index in [1.807, 2.05) is 0 Å². The molecule has 0 unspecified atom stereocenters. The lowest BCUT2D eigenvalue weighted by Crippen LogP contribution is -2.29. The van der Waals surface area contributed by atoms with Gasteiger partial charge in [0, 0.05) is 10.2 Å². The molecule has 96 valence electrons. The number of nitrogens with one attached hydrogen (secondary N) is 2. The monoisotopic (exact) mass is 312 g/mol. The summed E-state index contributed by atoms with van der Waals surface area (Å²) in [7, 11) is 0. The fourth-order valence-electron chi connectivity index (χ4n) is 1.23. The topological polar surface area (TPSA) is 78.4 Å². The van der Waals surface area contributed by atoms with E-state index in [-0.39, 0.29) is 5.56 Å². The molecule has 0 fully saturated rings. The van der Waals surface area contributed by atoms with Crippen LogP contribution in [0.15, 0.2) is 29.3 Å². The van der Waals surface area contributed by atoms with Gasteiger partial charge in [-0.1, -0.05) is 28.6 Å². The summed E-state index contributed by atoms with van der Waals surface area (Å²) in [6.45, 7) is 5.66. The van der Waals surface area contributed by atoms with Gasteiger partial charge in [-0.15, -0.1) is 0 Å². The molecule has 1 aromatic carbocycles. The van der Waals surface area contributed by atoms with Crippen molar-refractivity contribution < 1.29 is 14.7 Å². The Morgan fingerprint density at radius 1 is 1.44 bits per heavy atom. The van der Waals surface area contributed by atoms with E-state index in [2.05, 4.69) is 33.1 Å². The second-order valence-electron chi connectivity index (χ2n) is 3.66. The first-order valence-electron chi connectivity index (χ1n) is 5.12. The van der Waals surface area contributed by atoms with Gasteiger partial charge in [0.1, 0.15) is 0 Å². The third-order valence-electron chi connectivity index (χ3n) is 2.17. The first-order valence-corrected chi connectivity index (χ1v) is 5.91. The minimum Gasteiger partial charge on any atom is -0.478 e. The van der Waals surface area contributed by atoms with E-state index in [4.69, 9.17) is 5.11 Å². The lowest BCUT2D eigenvalue weighted by atomic mass is 10.1. The zero-order valence-electron chi connectivity index (χ0n) is 9.79. The number of carboxylic acids is 1. The van der Waals surface area contributed by atoms with Gasteiger partial charge >= 0.3 is 12.0 Å². The van der Waals surface area contributed by atoms with Crippen molar-refractivity contribution in [2.24, 2.45) is 0 Å². The van der Waals surface area contributed by atoms with E-state index in [0.29, 0.717) is 16.7 Å². The Kier molecular flexibility index (Phi) is 4.91. The van der Waals surface area contributed by atoms with Crippen LogP contribution in [0, 0.1) is 6.92 Å². The molecular weight excluding hydrogens is 300 g/mol. The van der Waals surface area contributed by atoms with Gasteiger partial charge in [0.05, 0.1) is 12.1 Å². The Labute approximate surface area is 113 Å². The molecule has 1 aromatic rings. The fourth-order valence-corrected chi connectivity index (χ4v) is 1.37. The van der Waals surface area contributed by atoms with Gasteiger partial charge in [-0.05, 0) is 24.6 Å². The summed E-state index contributed by atoms with van der Waals surface area (Å²) in [6.07, 6.45) is 0. The Morgan fingerprint density at radius 3 is 2.67 bits per heavy atom. The molecule has 6 heteroatoms. The average molecular weight is 313 g/mol. The van der Waals surface area contributed by atoms with Gasteiger partial charge < -0.3 is 15.7 Å². The molecule has 3 N–H and O–H groups in total. The number of amides is 2. The zero-order valence-corrected chi connectivity index (χ0v) is 11.4. The molecule has 0 atom stereocenters. The zero-order chi connectivity index (χ0) is 13.7. The Hall–Kier alpha value is -1.82. The largest absolute Gasteiger partial charge is 0.478 e. The Morgan fingerprint density at radius 2 is 2.11 bits per heavy atom. The highest BCUT2D eigenvalue weighted by atomic mass is 79.9. The molecule has 0 heterocycles. The first kappa shape index (κ1) is 14.2. The van der Waals surface area contributed by atoms with Crippen LogP contribution in [0.2, 0.25) is 0 Å². The third kappa shape index (κ3) is 4.21. The molecule has 0 saturated heterocycles. The number of urea groups is 1. The van der Waals surface area contributed by atoms with Gasteiger partial charge in [-0.2, -0.15) is 0 Å². The molecule has 0 aliphatic carbocycles. The van der Waals surface area contributed by atoms with Gasteiger partial charge in [-0.3, -0.25) is 0 Å². The number of aromatic carboxylic acids is 1. The third-order valence-corrected chi connectivity index (χ3v) is 2.45. The van der Waals surface area contributed by atoms with E-state index in [1.165, 1.54) is 12.1 Å². The Bertz CT molecular complexity index is 500. The number of halogens is 1. The molecule has 18 heavy (non-hydrogen) atoms. The summed E-state index contributed by atoms with van der Waals surface area (Å²) in [5.74, 6) is -1.03. The predicted octanol–water partition coefficient (Wildman–Crippen LogP) is 2.72. The van der Waals surface area contributed by atoms with Crippen LogP contribution in [0.4, 0.5) is 10.5 Å². The fraction of sp³-hybridized carbons (Fsp3) is 0.167. The van der Waals surface area contributed by atoms with Crippen molar-refractivity contribution >= 4 is 33.6 Å². The molecule has 5 nitrogen and oxygen atoms in total. The highest BCUT2D eigenvalue weighted by Gasteiger charge is 2.08. The van der Waals surface area contributed by atoms with Crippen molar-refractivity contribution in [1.82, 2.24) is 5.32 Å². The van der Waals surface area contributed by atoms with Gasteiger partial charge in [0.2, 0.25) is 0 Å². The molecule has 1 rings (SSSR count). The second kappa shape index (κ2) is 6.20. The highest BCUT2D eigenvalue weighted by Crippen LogP contribution is 2.16.